The van der Waals surface area contributed by atoms with Crippen molar-refractivity contribution in [3.63, 3.8) is 0 Å². The molecule has 3 heteroatoms. The van der Waals surface area contributed by atoms with Gasteiger partial charge in [-0.2, -0.15) is 0 Å². The van der Waals surface area contributed by atoms with E-state index >= 15 is 0 Å². The Balaban J connectivity index is 1.90. The maximum atomic E-state index is 6.10. The maximum absolute atomic E-state index is 6.10. The minimum absolute atomic E-state index is 0.523. The molecule has 1 aliphatic rings. The molecule has 0 aromatic heterocycles. The van der Waals surface area contributed by atoms with Crippen molar-refractivity contribution >= 4 is 12.6 Å². The number of hydrogen-bond donors (Lipinski definition) is 1. The zero-order chi connectivity index (χ0) is 17.0. The Morgan fingerprint density at radius 2 is 2.00 bits per heavy atom. The van der Waals surface area contributed by atoms with Gasteiger partial charge in [-0.3, -0.25) is 0 Å². The first kappa shape index (κ1) is 18.9. The van der Waals surface area contributed by atoms with E-state index in [1.807, 2.05) is 24.3 Å². The second-order valence-corrected chi connectivity index (χ2v) is 6.45. The lowest BCUT2D eigenvalue weighted by molar-refractivity contribution is 0.0876. The van der Waals surface area contributed by atoms with Gasteiger partial charge in [-0.15, -0.1) is 12.6 Å². The van der Waals surface area contributed by atoms with Crippen molar-refractivity contribution < 1.29 is 9.47 Å². The van der Waals surface area contributed by atoms with Crippen LogP contribution in [-0.2, 0) is 16.1 Å². The summed E-state index contributed by atoms with van der Waals surface area (Å²) < 4.78 is 12.0. The van der Waals surface area contributed by atoms with Gasteiger partial charge in [0.15, 0.2) is 0 Å². The van der Waals surface area contributed by atoms with Gasteiger partial charge in [0.2, 0.25) is 0 Å². The lowest BCUT2D eigenvalue weighted by atomic mass is 10.1. The Hall–Kier alpha value is -1.45. The molecule has 2 nitrogen and oxygen atoms in total. The molecule has 0 spiro atoms. The van der Waals surface area contributed by atoms with E-state index in [9.17, 15) is 0 Å². The maximum Gasteiger partial charge on any atom is 0.126 e. The van der Waals surface area contributed by atoms with Crippen LogP contribution in [0.1, 0.15) is 44.6 Å². The highest BCUT2D eigenvalue weighted by atomic mass is 32.1. The third-order valence-corrected chi connectivity index (χ3v) is 4.45. The number of rotatable bonds is 10. The number of allylic oxidation sites excluding steroid dienone is 5. The van der Waals surface area contributed by atoms with Crippen LogP contribution < -0.4 is 0 Å². The van der Waals surface area contributed by atoms with Gasteiger partial charge >= 0.3 is 0 Å². The Bertz CT molecular complexity index is 587. The monoisotopic (exact) mass is 344 g/mol. The molecule has 0 bridgehead atoms. The van der Waals surface area contributed by atoms with Gasteiger partial charge in [0, 0.05) is 17.1 Å². The summed E-state index contributed by atoms with van der Waals surface area (Å²) in [5.74, 6) is 0.933. The minimum Gasteiger partial charge on any atom is -0.490 e. The molecule has 1 aliphatic carbocycles. The van der Waals surface area contributed by atoms with Crippen LogP contribution in [0.2, 0.25) is 0 Å². The summed E-state index contributed by atoms with van der Waals surface area (Å²) >= 11 is 4.49. The number of hydrogen-bond acceptors (Lipinski definition) is 3. The molecule has 0 saturated heterocycles. The molecule has 0 amide bonds. The van der Waals surface area contributed by atoms with Crippen LogP contribution in [0.25, 0.3) is 0 Å². The molecule has 2 rings (SSSR count). The number of ether oxygens (including phenoxy) is 2. The summed E-state index contributed by atoms with van der Waals surface area (Å²) in [4.78, 5) is 0.960. The first-order valence-electron chi connectivity index (χ1n) is 8.84. The molecule has 130 valence electrons. The normalized spacial score (nSPS) is 15.6. The van der Waals surface area contributed by atoms with Crippen LogP contribution in [0, 0.1) is 0 Å². The van der Waals surface area contributed by atoms with E-state index < -0.39 is 0 Å². The zero-order valence-corrected chi connectivity index (χ0v) is 15.4. The highest BCUT2D eigenvalue weighted by molar-refractivity contribution is 7.80. The first-order valence-corrected chi connectivity index (χ1v) is 9.28. The SMILES string of the molecule is CCCCCCOC/C(OCc1ccccc1S)=C1/C=CC=CC1. The number of thiol groups is 1. The predicted molar refractivity (Wildman–Crippen MR) is 103 cm³/mol. The Kier molecular flexibility index (Phi) is 8.78. The number of benzene rings is 1. The average molecular weight is 345 g/mol. The lowest BCUT2D eigenvalue weighted by Gasteiger charge is -2.16. The van der Waals surface area contributed by atoms with Gasteiger partial charge < -0.3 is 9.47 Å². The van der Waals surface area contributed by atoms with Gasteiger partial charge in [0.1, 0.15) is 19.0 Å². The second kappa shape index (κ2) is 11.2. The van der Waals surface area contributed by atoms with Crippen molar-refractivity contribution in [3.05, 3.63) is 65.5 Å². The fourth-order valence-corrected chi connectivity index (χ4v) is 2.77. The molecular weight excluding hydrogens is 316 g/mol. The van der Waals surface area contributed by atoms with Crippen molar-refractivity contribution in [2.75, 3.05) is 13.2 Å². The Morgan fingerprint density at radius 3 is 2.75 bits per heavy atom. The Morgan fingerprint density at radius 1 is 1.12 bits per heavy atom. The van der Waals surface area contributed by atoms with E-state index in [2.05, 4.69) is 43.9 Å². The quantitative estimate of drug-likeness (QED) is 0.325. The molecule has 1 aromatic rings. The standard InChI is InChI=1S/C21H28O2S/c1-2-3-4-10-15-22-17-20(18-11-6-5-7-12-18)23-16-19-13-8-9-14-21(19)24/h5-9,11,13-14,24H,2-4,10,12,15-17H2,1H3/b20-18+. The summed E-state index contributed by atoms with van der Waals surface area (Å²) in [5, 5.41) is 0. The number of unbranched alkanes of at least 4 members (excludes halogenated alkanes) is 3. The smallest absolute Gasteiger partial charge is 0.126 e. The Labute approximate surface area is 151 Å². The summed E-state index contributed by atoms with van der Waals surface area (Å²) in [6, 6.07) is 8.03. The van der Waals surface area contributed by atoms with Gasteiger partial charge in [-0.05, 0) is 24.5 Å². The van der Waals surface area contributed by atoms with Crippen molar-refractivity contribution in [1.29, 1.82) is 0 Å². The average Bonchev–Trinajstić information content (AvgIpc) is 2.62. The topological polar surface area (TPSA) is 18.5 Å². The molecule has 0 heterocycles. The molecule has 0 aliphatic heterocycles. The molecular formula is C21H28O2S. The summed E-state index contributed by atoms with van der Waals surface area (Å²) in [6.45, 7) is 4.08. The molecule has 0 atom stereocenters. The summed E-state index contributed by atoms with van der Waals surface area (Å²) in [5.41, 5.74) is 2.29. The molecule has 0 unspecified atom stereocenters. The third kappa shape index (κ3) is 6.58. The van der Waals surface area contributed by atoms with E-state index in [-0.39, 0.29) is 0 Å². The van der Waals surface area contributed by atoms with Crippen molar-refractivity contribution in [2.45, 2.75) is 50.5 Å². The molecule has 24 heavy (non-hydrogen) atoms. The van der Waals surface area contributed by atoms with Crippen LogP contribution in [0.3, 0.4) is 0 Å². The highest BCUT2D eigenvalue weighted by Crippen LogP contribution is 2.21. The largest absolute Gasteiger partial charge is 0.490 e. The molecule has 0 saturated carbocycles. The fraction of sp³-hybridized carbons (Fsp3) is 0.429. The van der Waals surface area contributed by atoms with Crippen molar-refractivity contribution in [3.8, 4) is 0 Å². The van der Waals surface area contributed by atoms with Crippen molar-refractivity contribution in [1.82, 2.24) is 0 Å². The van der Waals surface area contributed by atoms with E-state index in [1.165, 1.54) is 24.8 Å². The van der Waals surface area contributed by atoms with Crippen LogP contribution in [0.15, 0.2) is 64.8 Å². The molecule has 0 radical (unpaired) electrons. The van der Waals surface area contributed by atoms with E-state index in [4.69, 9.17) is 9.47 Å². The molecule has 0 N–H and O–H groups in total. The van der Waals surface area contributed by atoms with Crippen molar-refractivity contribution in [2.24, 2.45) is 0 Å². The predicted octanol–water partition coefficient (Wildman–Crippen LogP) is 5.86. The first-order chi connectivity index (χ1) is 11.8. The fourth-order valence-electron chi connectivity index (χ4n) is 2.54. The van der Waals surface area contributed by atoms with E-state index in [0.717, 1.165) is 35.7 Å². The summed E-state index contributed by atoms with van der Waals surface area (Å²) in [7, 11) is 0. The minimum atomic E-state index is 0.523. The van der Waals surface area contributed by atoms with E-state index in [0.29, 0.717) is 13.2 Å². The van der Waals surface area contributed by atoms with Crippen LogP contribution in [-0.4, -0.2) is 13.2 Å². The third-order valence-electron chi connectivity index (χ3n) is 4.01. The highest BCUT2D eigenvalue weighted by Gasteiger charge is 2.09. The summed E-state index contributed by atoms with van der Waals surface area (Å²) in [6.07, 6.45) is 14.2. The van der Waals surface area contributed by atoms with Crippen LogP contribution >= 0.6 is 12.6 Å². The second-order valence-electron chi connectivity index (χ2n) is 5.97. The molecule has 1 aromatic carbocycles. The van der Waals surface area contributed by atoms with Gasteiger partial charge in [0.25, 0.3) is 0 Å². The van der Waals surface area contributed by atoms with Gasteiger partial charge in [-0.1, -0.05) is 68.7 Å². The van der Waals surface area contributed by atoms with E-state index in [1.54, 1.807) is 0 Å². The van der Waals surface area contributed by atoms with Gasteiger partial charge in [0.05, 0.1) is 0 Å². The zero-order valence-electron chi connectivity index (χ0n) is 14.5. The van der Waals surface area contributed by atoms with Crippen LogP contribution in [0.5, 0.6) is 0 Å². The lowest BCUT2D eigenvalue weighted by Crippen LogP contribution is -2.07. The van der Waals surface area contributed by atoms with Gasteiger partial charge in [-0.25, -0.2) is 0 Å². The molecule has 0 fully saturated rings. The van der Waals surface area contributed by atoms with Crippen LogP contribution in [0.4, 0.5) is 0 Å².